The van der Waals surface area contributed by atoms with Gasteiger partial charge in [0.15, 0.2) is 5.16 Å². The molecule has 1 aliphatic rings. The van der Waals surface area contributed by atoms with Crippen LogP contribution >= 0.6 is 23.1 Å². The predicted octanol–water partition coefficient (Wildman–Crippen LogP) is 3.63. The number of nitrogens with one attached hydrogen (secondary N) is 1. The number of amides is 1. The van der Waals surface area contributed by atoms with Gasteiger partial charge < -0.3 is 5.32 Å². The van der Waals surface area contributed by atoms with Crippen LogP contribution in [0.1, 0.15) is 44.1 Å². The summed E-state index contributed by atoms with van der Waals surface area (Å²) in [5, 5.41) is 13.5. The van der Waals surface area contributed by atoms with Crippen LogP contribution in [0.5, 0.6) is 0 Å². The lowest BCUT2D eigenvalue weighted by Crippen LogP contribution is -2.47. The third kappa shape index (κ3) is 4.11. The summed E-state index contributed by atoms with van der Waals surface area (Å²) in [5.74, 6) is 0.438. The van der Waals surface area contributed by atoms with Crippen LogP contribution in [0.2, 0.25) is 0 Å². The fraction of sp³-hybridized carbons (Fsp3) is 0.600. The third-order valence-electron chi connectivity index (χ3n) is 5.16. The number of rotatable bonds is 7. The van der Waals surface area contributed by atoms with E-state index in [1.165, 1.54) is 23.1 Å². The first-order valence-corrected chi connectivity index (χ1v) is 11.3. The average Bonchev–Trinajstić information content (AvgIpc) is 3.43. The molecule has 2 aromatic heterocycles. The van der Waals surface area contributed by atoms with Gasteiger partial charge in [-0.3, -0.25) is 14.2 Å². The molecule has 0 saturated heterocycles. The molecule has 1 amide bonds. The molecule has 6 nitrogen and oxygen atoms in total. The minimum atomic E-state index is -0.811. The topological polar surface area (TPSA) is 87.8 Å². The second-order valence-electron chi connectivity index (χ2n) is 8.09. The lowest BCUT2D eigenvalue weighted by atomic mass is 9.98. The zero-order chi connectivity index (χ0) is 20.6. The summed E-state index contributed by atoms with van der Waals surface area (Å²) in [4.78, 5) is 32.1. The van der Waals surface area contributed by atoms with Crippen molar-refractivity contribution in [3.05, 3.63) is 20.8 Å². The zero-order valence-corrected chi connectivity index (χ0v) is 18.6. The van der Waals surface area contributed by atoms with Gasteiger partial charge >= 0.3 is 0 Å². The lowest BCUT2D eigenvalue weighted by Gasteiger charge is -2.22. The van der Waals surface area contributed by atoms with E-state index in [0.717, 1.165) is 28.1 Å². The van der Waals surface area contributed by atoms with Gasteiger partial charge in [0.25, 0.3) is 5.56 Å². The molecule has 0 radical (unpaired) electrons. The van der Waals surface area contributed by atoms with Crippen molar-refractivity contribution in [2.75, 3.05) is 5.75 Å². The Kier molecular flexibility index (Phi) is 5.87. The molecule has 1 atom stereocenters. The summed E-state index contributed by atoms with van der Waals surface area (Å²) in [7, 11) is 0. The standard InChI is InChI=1S/C20H26N4O2S2/c1-11(2)8-24-18(26)16-12(3)13(4)28-17(16)22-19(24)27-9-15(25)23-20(5,10-21)14-6-7-14/h11,14H,6-9H2,1-5H3,(H,23,25)/t20-/m0/s1. The maximum absolute atomic E-state index is 13.1. The largest absolute Gasteiger partial charge is 0.337 e. The van der Waals surface area contributed by atoms with Gasteiger partial charge in [-0.2, -0.15) is 5.26 Å². The van der Waals surface area contributed by atoms with Gasteiger partial charge in [-0.15, -0.1) is 11.3 Å². The molecule has 1 fully saturated rings. The number of thioether (sulfide) groups is 1. The van der Waals surface area contributed by atoms with E-state index in [-0.39, 0.29) is 29.1 Å². The Bertz CT molecular complexity index is 1010. The molecular formula is C20H26N4O2S2. The normalized spacial score (nSPS) is 16.2. The van der Waals surface area contributed by atoms with E-state index in [4.69, 9.17) is 4.98 Å². The quantitative estimate of drug-likeness (QED) is 0.548. The molecule has 28 heavy (non-hydrogen) atoms. The Hall–Kier alpha value is -1.85. The van der Waals surface area contributed by atoms with Crippen molar-refractivity contribution in [2.24, 2.45) is 11.8 Å². The highest BCUT2D eigenvalue weighted by atomic mass is 32.2. The predicted molar refractivity (Wildman–Crippen MR) is 114 cm³/mol. The zero-order valence-electron chi connectivity index (χ0n) is 17.0. The van der Waals surface area contributed by atoms with E-state index in [9.17, 15) is 14.9 Å². The Morgan fingerprint density at radius 1 is 1.46 bits per heavy atom. The molecule has 0 spiro atoms. The number of hydrogen-bond acceptors (Lipinski definition) is 6. The van der Waals surface area contributed by atoms with Gasteiger partial charge in [0.1, 0.15) is 10.4 Å². The number of nitrogens with zero attached hydrogens (tertiary/aromatic N) is 3. The fourth-order valence-electron chi connectivity index (χ4n) is 3.28. The van der Waals surface area contributed by atoms with Crippen molar-refractivity contribution in [3.63, 3.8) is 0 Å². The van der Waals surface area contributed by atoms with Gasteiger partial charge in [0, 0.05) is 11.4 Å². The summed E-state index contributed by atoms with van der Waals surface area (Å²) < 4.78 is 1.69. The van der Waals surface area contributed by atoms with E-state index >= 15 is 0 Å². The van der Waals surface area contributed by atoms with Crippen molar-refractivity contribution < 1.29 is 4.79 Å². The molecule has 0 bridgehead atoms. The van der Waals surface area contributed by atoms with Crippen molar-refractivity contribution in [2.45, 2.75) is 64.7 Å². The van der Waals surface area contributed by atoms with Crippen LogP contribution in [0.3, 0.4) is 0 Å². The third-order valence-corrected chi connectivity index (χ3v) is 7.24. The van der Waals surface area contributed by atoms with Gasteiger partial charge in [0.2, 0.25) is 5.91 Å². The fourth-order valence-corrected chi connectivity index (χ4v) is 5.16. The first kappa shape index (κ1) is 20.9. The highest BCUT2D eigenvalue weighted by Gasteiger charge is 2.43. The number of aromatic nitrogens is 2. The summed E-state index contributed by atoms with van der Waals surface area (Å²) in [6.45, 7) is 10.4. The molecule has 0 aliphatic heterocycles. The molecular weight excluding hydrogens is 392 g/mol. The number of carbonyl (C=O) groups is 1. The number of carbonyl (C=O) groups excluding carboxylic acids is 1. The Morgan fingerprint density at radius 3 is 2.71 bits per heavy atom. The highest BCUT2D eigenvalue weighted by molar-refractivity contribution is 7.99. The highest BCUT2D eigenvalue weighted by Crippen LogP contribution is 2.39. The van der Waals surface area contributed by atoms with Gasteiger partial charge in [0.05, 0.1) is 17.2 Å². The van der Waals surface area contributed by atoms with Crippen LogP contribution in [0.4, 0.5) is 0 Å². The van der Waals surface area contributed by atoms with E-state index in [2.05, 4.69) is 25.2 Å². The maximum Gasteiger partial charge on any atom is 0.263 e. The minimum absolute atomic E-state index is 0.0386. The van der Waals surface area contributed by atoms with E-state index in [0.29, 0.717) is 17.1 Å². The molecule has 1 saturated carbocycles. The SMILES string of the molecule is Cc1sc2nc(SCC(=O)N[C@@](C)(C#N)C3CC3)n(CC(C)C)c(=O)c2c1C. The molecule has 2 heterocycles. The maximum atomic E-state index is 13.1. The molecule has 2 aromatic rings. The second-order valence-corrected chi connectivity index (χ2v) is 10.2. The van der Waals surface area contributed by atoms with Gasteiger partial charge in [-0.25, -0.2) is 4.98 Å². The van der Waals surface area contributed by atoms with E-state index < -0.39 is 5.54 Å². The number of aryl methyl sites for hydroxylation is 2. The molecule has 8 heteroatoms. The molecule has 1 N–H and O–H groups in total. The Labute approximate surface area is 173 Å². The number of hydrogen-bond donors (Lipinski definition) is 1. The number of thiophene rings is 1. The first-order chi connectivity index (χ1) is 13.2. The summed E-state index contributed by atoms with van der Waals surface area (Å²) in [5.41, 5.74) is 0.135. The molecule has 3 rings (SSSR count). The van der Waals surface area contributed by atoms with Crippen LogP contribution in [-0.4, -0.2) is 26.8 Å². The average molecular weight is 419 g/mol. The van der Waals surface area contributed by atoms with Crippen LogP contribution in [-0.2, 0) is 11.3 Å². The number of fused-ring (bicyclic) bond motifs is 1. The van der Waals surface area contributed by atoms with Crippen molar-refractivity contribution >= 4 is 39.2 Å². The van der Waals surface area contributed by atoms with Crippen molar-refractivity contribution in [1.29, 1.82) is 5.26 Å². The smallest absolute Gasteiger partial charge is 0.263 e. The van der Waals surface area contributed by atoms with Crippen molar-refractivity contribution in [3.8, 4) is 6.07 Å². The van der Waals surface area contributed by atoms with E-state index in [1.807, 2.05) is 13.8 Å². The van der Waals surface area contributed by atoms with Crippen LogP contribution < -0.4 is 10.9 Å². The van der Waals surface area contributed by atoms with E-state index in [1.54, 1.807) is 11.5 Å². The first-order valence-electron chi connectivity index (χ1n) is 9.52. The van der Waals surface area contributed by atoms with Crippen LogP contribution in [0.25, 0.3) is 10.2 Å². The van der Waals surface area contributed by atoms with Crippen LogP contribution in [0.15, 0.2) is 9.95 Å². The summed E-state index contributed by atoms with van der Waals surface area (Å²) in [6, 6.07) is 2.24. The summed E-state index contributed by atoms with van der Waals surface area (Å²) in [6.07, 6.45) is 1.95. The van der Waals surface area contributed by atoms with Gasteiger partial charge in [-0.05, 0) is 51.0 Å². The molecule has 0 aromatic carbocycles. The Balaban J connectivity index is 1.86. The van der Waals surface area contributed by atoms with Crippen LogP contribution in [0, 0.1) is 37.0 Å². The Morgan fingerprint density at radius 2 is 2.14 bits per heavy atom. The molecule has 0 unspecified atom stereocenters. The second kappa shape index (κ2) is 7.88. The molecule has 150 valence electrons. The minimum Gasteiger partial charge on any atom is -0.337 e. The van der Waals surface area contributed by atoms with Crippen molar-refractivity contribution in [1.82, 2.24) is 14.9 Å². The lowest BCUT2D eigenvalue weighted by molar-refractivity contribution is -0.119. The van der Waals surface area contributed by atoms with Gasteiger partial charge in [-0.1, -0.05) is 25.6 Å². The molecule has 1 aliphatic carbocycles. The number of nitriles is 1. The monoisotopic (exact) mass is 418 g/mol. The summed E-state index contributed by atoms with van der Waals surface area (Å²) >= 11 is 2.77.